The Kier molecular flexibility index (Phi) is 10.6. The van der Waals surface area contributed by atoms with Gasteiger partial charge < -0.3 is 28.4 Å². The fourth-order valence-corrected chi connectivity index (χ4v) is 3.18. The van der Waals surface area contributed by atoms with Gasteiger partial charge in [-0.1, -0.05) is 0 Å². The van der Waals surface area contributed by atoms with Crippen LogP contribution in [0.15, 0.2) is 0 Å². The first kappa shape index (κ1) is 27.7. The Morgan fingerprint density at radius 2 is 0.576 bits per heavy atom. The van der Waals surface area contributed by atoms with Crippen molar-refractivity contribution in [3.63, 3.8) is 0 Å². The highest BCUT2D eigenvalue weighted by Crippen LogP contribution is 2.20. The van der Waals surface area contributed by atoms with Crippen molar-refractivity contribution in [3.8, 4) is 0 Å². The normalized spacial score (nSPS) is 15.2. The number of hydrogen-bond acceptors (Lipinski definition) is 15. The molecule has 0 N–H and O–H groups in total. The van der Waals surface area contributed by atoms with Crippen molar-refractivity contribution < 1.29 is 57.2 Å². The van der Waals surface area contributed by atoms with Crippen LogP contribution in [0.5, 0.6) is 0 Å². The molecule has 0 aromatic carbocycles. The number of carbonyl (C=O) groups is 6. The Morgan fingerprint density at radius 1 is 0.424 bits per heavy atom. The molecule has 0 aromatic rings. The van der Waals surface area contributed by atoms with Gasteiger partial charge in [0.15, 0.2) is 0 Å². The molecule has 0 unspecified atom stereocenters. The van der Waals surface area contributed by atoms with Gasteiger partial charge in [0.2, 0.25) is 18.1 Å². The topological polar surface area (TPSA) is 168 Å². The quantitative estimate of drug-likeness (QED) is 0.186. The predicted molar refractivity (Wildman–Crippen MR) is 104 cm³/mol. The molecule has 1 aliphatic heterocycles. The highest BCUT2D eigenvalue weighted by Gasteiger charge is 2.48. The Balaban J connectivity index is 3.58. The van der Waals surface area contributed by atoms with Crippen molar-refractivity contribution in [2.24, 2.45) is 0 Å². The van der Waals surface area contributed by atoms with Crippen molar-refractivity contribution in [2.45, 2.75) is 18.1 Å². The first-order chi connectivity index (χ1) is 15.6. The molecule has 15 nitrogen and oxygen atoms in total. The molecule has 15 heteroatoms. The minimum absolute atomic E-state index is 0.366. The maximum atomic E-state index is 12.4. The summed E-state index contributed by atoms with van der Waals surface area (Å²) in [7, 11) is 6.22. The van der Waals surface area contributed by atoms with Gasteiger partial charge in [0.25, 0.3) is 0 Å². The molecule has 0 atom stereocenters. The van der Waals surface area contributed by atoms with E-state index in [4.69, 9.17) is 0 Å². The average molecular weight is 477 g/mol. The van der Waals surface area contributed by atoms with E-state index in [1.807, 2.05) is 0 Å². The van der Waals surface area contributed by atoms with E-state index in [0.717, 1.165) is 57.4 Å². The van der Waals surface area contributed by atoms with Crippen LogP contribution in [0.2, 0.25) is 0 Å². The number of hydrogen-bond donors (Lipinski definition) is 0. The summed E-state index contributed by atoms with van der Waals surface area (Å²) < 4.78 is 28.0. The monoisotopic (exact) mass is 477 g/mol. The smallest absolute Gasteiger partial charge is 0.334 e. The molecular weight excluding hydrogens is 450 g/mol. The average Bonchev–Trinajstić information content (AvgIpc) is 2.83. The number of esters is 6. The van der Waals surface area contributed by atoms with E-state index >= 15 is 0 Å². The third-order valence-corrected chi connectivity index (χ3v) is 4.73. The molecule has 0 aromatic heterocycles. The molecule has 1 aliphatic rings. The summed E-state index contributed by atoms with van der Waals surface area (Å²) in [5, 5.41) is 0. The van der Waals surface area contributed by atoms with Gasteiger partial charge in [-0.3, -0.25) is 14.7 Å². The number of rotatable bonds is 9. The predicted octanol–water partition coefficient (Wildman–Crippen LogP) is -3.08. The minimum atomic E-state index is -1.67. The molecule has 0 aliphatic carbocycles. The Labute approximate surface area is 189 Å². The van der Waals surface area contributed by atoms with Crippen LogP contribution < -0.4 is 0 Å². The van der Waals surface area contributed by atoms with Crippen LogP contribution in [-0.4, -0.2) is 131 Å². The molecule has 0 amide bonds. The van der Waals surface area contributed by atoms with E-state index in [1.165, 1.54) is 0 Å². The largest absolute Gasteiger partial charge is 0.467 e. The first-order valence-electron chi connectivity index (χ1n) is 9.30. The third-order valence-electron chi connectivity index (χ3n) is 4.73. The number of methoxy groups -OCH3 is 6. The Morgan fingerprint density at radius 3 is 0.697 bits per heavy atom. The van der Waals surface area contributed by atoms with Crippen molar-refractivity contribution in [2.75, 3.05) is 62.7 Å². The lowest BCUT2D eigenvalue weighted by Gasteiger charge is -2.46. The van der Waals surface area contributed by atoms with Crippen LogP contribution in [0.3, 0.4) is 0 Å². The lowest BCUT2D eigenvalue weighted by molar-refractivity contribution is -0.181. The summed E-state index contributed by atoms with van der Waals surface area (Å²) in [6.45, 7) is -1.10. The molecule has 1 saturated heterocycles. The second-order valence-electron chi connectivity index (χ2n) is 6.54. The van der Waals surface area contributed by atoms with Crippen molar-refractivity contribution in [1.82, 2.24) is 14.7 Å². The fourth-order valence-electron chi connectivity index (χ4n) is 3.18. The zero-order valence-corrected chi connectivity index (χ0v) is 19.1. The number of carbonyl (C=O) groups excluding carboxylic acids is 6. The summed E-state index contributed by atoms with van der Waals surface area (Å²) in [6, 6.07) is -5.01. The molecule has 1 rings (SSSR count). The van der Waals surface area contributed by atoms with Gasteiger partial charge in [0.05, 0.1) is 62.7 Å². The fraction of sp³-hybridized carbons (Fsp3) is 0.667. The van der Waals surface area contributed by atoms with Gasteiger partial charge in [-0.05, 0) is 0 Å². The highest BCUT2D eigenvalue weighted by molar-refractivity contribution is 6.01. The van der Waals surface area contributed by atoms with Crippen molar-refractivity contribution in [1.29, 1.82) is 0 Å². The van der Waals surface area contributed by atoms with E-state index in [2.05, 4.69) is 28.4 Å². The van der Waals surface area contributed by atoms with Crippen LogP contribution in [-0.2, 0) is 57.2 Å². The summed E-state index contributed by atoms with van der Waals surface area (Å²) in [4.78, 5) is 77.5. The maximum absolute atomic E-state index is 12.4. The van der Waals surface area contributed by atoms with Crippen LogP contribution in [0.25, 0.3) is 0 Å². The highest BCUT2D eigenvalue weighted by atomic mass is 16.6. The van der Waals surface area contributed by atoms with Gasteiger partial charge in [0, 0.05) is 0 Å². The molecule has 1 fully saturated rings. The number of ether oxygens (including phenoxy) is 6. The van der Waals surface area contributed by atoms with E-state index in [9.17, 15) is 28.8 Å². The van der Waals surface area contributed by atoms with E-state index in [-0.39, 0.29) is 20.0 Å². The summed E-state index contributed by atoms with van der Waals surface area (Å²) in [5.41, 5.74) is 0. The van der Waals surface area contributed by atoms with Crippen LogP contribution in [0, 0.1) is 0 Å². The lowest BCUT2D eigenvalue weighted by atomic mass is 10.2. The summed E-state index contributed by atoms with van der Waals surface area (Å²) in [5.74, 6) is -6.14. The third kappa shape index (κ3) is 6.36. The maximum Gasteiger partial charge on any atom is 0.334 e. The lowest BCUT2D eigenvalue weighted by Crippen LogP contribution is -2.68. The van der Waals surface area contributed by atoms with Crippen LogP contribution in [0.4, 0.5) is 0 Å². The van der Waals surface area contributed by atoms with Crippen molar-refractivity contribution in [3.05, 3.63) is 0 Å². The standard InChI is InChI=1S/C18H27N3O12/c1-28-13(22)10(14(23)29-2)19-7-20(11(15(24)30-3)16(25)31-4)9-21(8-19)12(17(26)32-5)18(27)33-6/h10-12H,7-9H2,1-6H3. The second-order valence-corrected chi connectivity index (χ2v) is 6.54. The van der Waals surface area contributed by atoms with E-state index < -0.39 is 53.9 Å². The zero-order valence-electron chi connectivity index (χ0n) is 19.1. The molecule has 0 bridgehead atoms. The van der Waals surface area contributed by atoms with Gasteiger partial charge in [-0.25, -0.2) is 28.8 Å². The Hall–Kier alpha value is -3.30. The van der Waals surface area contributed by atoms with Gasteiger partial charge >= 0.3 is 35.8 Å². The second kappa shape index (κ2) is 12.7. The molecule has 186 valence electrons. The minimum Gasteiger partial charge on any atom is -0.467 e. The SMILES string of the molecule is COC(=O)C(C(=O)OC)N1CN(C(C(=O)OC)C(=O)OC)CN(C(C(=O)OC)C(=O)OC)C1. The van der Waals surface area contributed by atoms with Gasteiger partial charge in [-0.2, -0.15) is 0 Å². The zero-order chi connectivity index (χ0) is 25.3. The molecule has 0 spiro atoms. The molecule has 0 radical (unpaired) electrons. The van der Waals surface area contributed by atoms with Crippen molar-refractivity contribution >= 4 is 35.8 Å². The van der Waals surface area contributed by atoms with E-state index in [0.29, 0.717) is 0 Å². The summed E-state index contributed by atoms with van der Waals surface area (Å²) >= 11 is 0. The van der Waals surface area contributed by atoms with Gasteiger partial charge in [-0.15, -0.1) is 0 Å². The molecule has 0 saturated carbocycles. The molecule has 1 heterocycles. The molecular formula is C18H27N3O12. The molecule has 33 heavy (non-hydrogen) atoms. The van der Waals surface area contributed by atoms with Crippen LogP contribution in [0.1, 0.15) is 0 Å². The number of nitrogens with zero attached hydrogens (tertiary/aromatic N) is 3. The van der Waals surface area contributed by atoms with Crippen LogP contribution >= 0.6 is 0 Å². The van der Waals surface area contributed by atoms with Gasteiger partial charge in [0.1, 0.15) is 0 Å². The first-order valence-corrected chi connectivity index (χ1v) is 9.30. The summed E-state index contributed by atoms with van der Waals surface area (Å²) in [6.07, 6.45) is 0. The Bertz CT molecular complexity index is 619. The van der Waals surface area contributed by atoms with E-state index in [1.54, 1.807) is 0 Å².